The fraction of sp³-hybridized carbons (Fsp3) is 0.583. The van der Waals surface area contributed by atoms with Crippen LogP contribution >= 0.6 is 0 Å². The van der Waals surface area contributed by atoms with E-state index in [9.17, 15) is 4.79 Å². The fourth-order valence-electron chi connectivity index (χ4n) is 1.43. The average molecular weight is 299 g/mol. The molecule has 0 atom stereocenters. The topological polar surface area (TPSA) is 85.9 Å². The maximum atomic E-state index is 11.4. The Morgan fingerprint density at radius 3 is 2.80 bits per heavy atom. The van der Waals surface area contributed by atoms with Crippen molar-refractivity contribution >= 4 is 20.3 Å². The molecule has 112 valence electrons. The van der Waals surface area contributed by atoms with Crippen molar-refractivity contribution in [2.45, 2.75) is 32.4 Å². The molecule has 0 spiro atoms. The third-order valence-electron chi connectivity index (χ3n) is 2.60. The third-order valence-corrected chi connectivity index (χ3v) is 4.31. The van der Waals surface area contributed by atoms with Gasteiger partial charge in [0.05, 0.1) is 7.11 Å². The predicted octanol–water partition coefficient (Wildman–Crippen LogP) is 1.79. The summed E-state index contributed by atoms with van der Waals surface area (Å²) in [6.45, 7) is 7.71. The van der Waals surface area contributed by atoms with Gasteiger partial charge in [0.25, 0.3) is 0 Å². The summed E-state index contributed by atoms with van der Waals surface area (Å²) in [6.07, 6.45) is 2.66. The fourth-order valence-corrected chi connectivity index (χ4v) is 2.19. The van der Waals surface area contributed by atoms with Gasteiger partial charge in [-0.1, -0.05) is 24.8 Å². The van der Waals surface area contributed by atoms with Gasteiger partial charge < -0.3 is 19.2 Å². The third kappa shape index (κ3) is 5.14. The lowest BCUT2D eigenvalue weighted by atomic mass is 10.5. The number of methoxy groups -OCH3 is 1. The first-order valence-corrected chi connectivity index (χ1v) is 9.99. The van der Waals surface area contributed by atoms with Gasteiger partial charge in [0, 0.05) is 20.9 Å². The molecule has 0 unspecified atom stereocenters. The van der Waals surface area contributed by atoms with Crippen LogP contribution in [0.2, 0.25) is 25.7 Å². The van der Waals surface area contributed by atoms with Crippen molar-refractivity contribution in [3.05, 3.63) is 17.7 Å². The van der Waals surface area contributed by atoms with Gasteiger partial charge in [0.1, 0.15) is 12.9 Å². The van der Waals surface area contributed by atoms with Crippen LogP contribution in [0.5, 0.6) is 0 Å². The Kier molecular flexibility index (Phi) is 5.90. The molecule has 0 aliphatic rings. The summed E-state index contributed by atoms with van der Waals surface area (Å²) in [7, 11) is 0.150. The van der Waals surface area contributed by atoms with E-state index in [-0.39, 0.29) is 12.4 Å². The second kappa shape index (κ2) is 7.20. The van der Waals surface area contributed by atoms with Gasteiger partial charge in [-0.15, -0.1) is 0 Å². The molecule has 7 nitrogen and oxygen atoms in total. The van der Waals surface area contributed by atoms with E-state index < -0.39 is 14.0 Å². The number of hydrogen-bond acceptors (Lipinski definition) is 6. The molecule has 0 bridgehead atoms. The lowest BCUT2D eigenvalue weighted by molar-refractivity contribution is 0.0593. The van der Waals surface area contributed by atoms with E-state index in [2.05, 4.69) is 34.5 Å². The number of rotatable bonds is 7. The van der Waals surface area contributed by atoms with Crippen molar-refractivity contribution in [2.75, 3.05) is 13.7 Å². The van der Waals surface area contributed by atoms with Crippen LogP contribution in [-0.4, -0.2) is 48.7 Å². The van der Waals surface area contributed by atoms with Crippen molar-refractivity contribution in [1.29, 1.82) is 0 Å². The largest absolute Gasteiger partial charge is 0.464 e. The van der Waals surface area contributed by atoms with E-state index in [4.69, 9.17) is 9.94 Å². The van der Waals surface area contributed by atoms with Gasteiger partial charge in [0.2, 0.25) is 0 Å². The van der Waals surface area contributed by atoms with E-state index in [1.165, 1.54) is 13.3 Å². The van der Waals surface area contributed by atoms with Crippen LogP contribution in [0, 0.1) is 0 Å². The molecule has 0 aromatic carbocycles. The Morgan fingerprint density at radius 1 is 1.55 bits per heavy atom. The Balaban J connectivity index is 2.68. The Morgan fingerprint density at radius 2 is 2.25 bits per heavy atom. The Bertz CT molecular complexity index is 480. The number of ether oxygens (including phenoxy) is 2. The maximum Gasteiger partial charge on any atom is 0.358 e. The smallest absolute Gasteiger partial charge is 0.358 e. The highest BCUT2D eigenvalue weighted by molar-refractivity contribution is 6.76. The molecule has 1 rings (SSSR count). The van der Waals surface area contributed by atoms with Gasteiger partial charge >= 0.3 is 5.97 Å². The number of nitrogens with zero attached hydrogens (tertiary/aromatic N) is 3. The van der Waals surface area contributed by atoms with E-state index in [1.807, 2.05) is 0 Å². The summed E-state index contributed by atoms with van der Waals surface area (Å²) in [5.41, 5.74) is 0.149. The molecule has 1 aromatic rings. The average Bonchev–Trinajstić information content (AvgIpc) is 2.76. The zero-order valence-electron chi connectivity index (χ0n) is 12.3. The zero-order valence-corrected chi connectivity index (χ0v) is 13.3. The van der Waals surface area contributed by atoms with Crippen molar-refractivity contribution in [3.63, 3.8) is 0 Å². The molecule has 0 saturated heterocycles. The van der Waals surface area contributed by atoms with E-state index in [1.54, 1.807) is 4.57 Å². The highest BCUT2D eigenvalue weighted by Gasteiger charge is 2.15. The highest BCUT2D eigenvalue weighted by atomic mass is 28.3. The van der Waals surface area contributed by atoms with E-state index in [0.717, 1.165) is 12.3 Å². The van der Waals surface area contributed by atoms with Crippen molar-refractivity contribution in [2.24, 2.45) is 5.16 Å². The first-order valence-electron chi connectivity index (χ1n) is 6.28. The van der Waals surface area contributed by atoms with Crippen LogP contribution in [-0.2, 0) is 16.2 Å². The monoisotopic (exact) mass is 299 g/mol. The van der Waals surface area contributed by atoms with Gasteiger partial charge in [-0.25, -0.2) is 9.78 Å². The minimum Gasteiger partial charge on any atom is -0.464 e. The number of esters is 1. The summed E-state index contributed by atoms with van der Waals surface area (Å²) in [5.74, 6) is -0.209. The molecular formula is C12H21N3O4Si. The molecule has 0 amide bonds. The van der Waals surface area contributed by atoms with Crippen LogP contribution in [0.3, 0.4) is 0 Å². The van der Waals surface area contributed by atoms with Gasteiger partial charge in [-0.2, -0.15) is 0 Å². The highest BCUT2D eigenvalue weighted by Crippen LogP contribution is 2.09. The molecule has 0 aliphatic carbocycles. The molecular weight excluding hydrogens is 278 g/mol. The zero-order chi connectivity index (χ0) is 15.2. The number of carbonyl (C=O) groups excluding carboxylic acids is 1. The van der Waals surface area contributed by atoms with Crippen LogP contribution in [0.1, 0.15) is 16.3 Å². The van der Waals surface area contributed by atoms with E-state index >= 15 is 0 Å². The molecule has 0 saturated carbocycles. The molecule has 0 fully saturated rings. The summed E-state index contributed by atoms with van der Waals surface area (Å²) in [5, 5.41) is 11.5. The lowest BCUT2D eigenvalue weighted by Crippen LogP contribution is -2.22. The van der Waals surface area contributed by atoms with E-state index in [0.29, 0.717) is 12.4 Å². The first kappa shape index (κ1) is 16.4. The van der Waals surface area contributed by atoms with Crippen molar-refractivity contribution in [3.8, 4) is 0 Å². The number of aromatic nitrogens is 2. The molecule has 0 aliphatic heterocycles. The second-order valence-corrected chi connectivity index (χ2v) is 11.2. The first-order chi connectivity index (χ1) is 9.37. The summed E-state index contributed by atoms with van der Waals surface area (Å²) < 4.78 is 11.8. The molecule has 20 heavy (non-hydrogen) atoms. The van der Waals surface area contributed by atoms with Gasteiger partial charge in [0.15, 0.2) is 11.5 Å². The number of oxime groups is 1. The minimum atomic E-state index is -1.13. The van der Waals surface area contributed by atoms with Crippen molar-refractivity contribution < 1.29 is 19.5 Å². The molecule has 1 heterocycles. The van der Waals surface area contributed by atoms with Crippen LogP contribution in [0.25, 0.3) is 0 Å². The number of imidazole rings is 1. The summed E-state index contributed by atoms with van der Waals surface area (Å²) >= 11 is 0. The Hall–Kier alpha value is -1.67. The number of hydrogen-bond donors (Lipinski definition) is 1. The predicted molar refractivity (Wildman–Crippen MR) is 77.1 cm³/mol. The normalized spacial score (nSPS) is 12.0. The second-order valence-electron chi connectivity index (χ2n) is 5.54. The molecule has 1 N–H and O–H groups in total. The minimum absolute atomic E-state index is 0.149. The van der Waals surface area contributed by atoms with Crippen LogP contribution < -0.4 is 0 Å². The maximum absolute atomic E-state index is 11.4. The van der Waals surface area contributed by atoms with Crippen LogP contribution in [0.15, 0.2) is 11.4 Å². The lowest BCUT2D eigenvalue weighted by Gasteiger charge is -2.15. The summed E-state index contributed by atoms with van der Waals surface area (Å²) in [6, 6.07) is 1.05. The Labute approximate surface area is 119 Å². The van der Waals surface area contributed by atoms with Gasteiger partial charge in [-0.05, 0) is 6.04 Å². The molecule has 1 aromatic heterocycles. The standard InChI is InChI=1S/C12H21N3O4Si/c1-18-12(16)10-8-15(11(14-10)7-13-17)9-19-5-6-20(2,3)4/h7-8,17H,5-6,9H2,1-4H3/b13-7+. The summed E-state index contributed by atoms with van der Waals surface area (Å²) in [4.78, 5) is 15.4. The number of carbonyl (C=O) groups is 1. The molecule has 0 radical (unpaired) electrons. The van der Waals surface area contributed by atoms with Crippen molar-refractivity contribution in [1.82, 2.24) is 9.55 Å². The molecule has 8 heteroatoms. The SMILES string of the molecule is COC(=O)c1cn(COCC[Si](C)(C)C)c(/C=N/O)n1. The van der Waals surface area contributed by atoms with Gasteiger partial charge in [-0.3, -0.25) is 0 Å². The van der Waals surface area contributed by atoms with Crippen LogP contribution in [0.4, 0.5) is 0 Å². The quantitative estimate of drug-likeness (QED) is 0.207.